The van der Waals surface area contributed by atoms with Crippen molar-refractivity contribution in [2.75, 3.05) is 0 Å². The van der Waals surface area contributed by atoms with Crippen LogP contribution in [0, 0.1) is 6.92 Å². The van der Waals surface area contributed by atoms with Crippen LogP contribution in [-0.4, -0.2) is 4.98 Å². The van der Waals surface area contributed by atoms with E-state index in [2.05, 4.69) is 17.1 Å². The molecule has 1 heterocycles. The maximum atomic E-state index is 6.33. The van der Waals surface area contributed by atoms with Crippen molar-refractivity contribution in [2.45, 2.75) is 13.0 Å². The van der Waals surface area contributed by atoms with Crippen molar-refractivity contribution in [3.8, 4) is 0 Å². The van der Waals surface area contributed by atoms with E-state index in [0.717, 1.165) is 27.7 Å². The zero-order chi connectivity index (χ0) is 14.1. The highest BCUT2D eigenvalue weighted by atomic mass is 35.5. The molecule has 0 saturated carbocycles. The van der Waals surface area contributed by atoms with Crippen molar-refractivity contribution < 1.29 is 0 Å². The fourth-order valence-corrected chi connectivity index (χ4v) is 2.60. The second-order valence-corrected chi connectivity index (χ2v) is 5.31. The third-order valence-electron chi connectivity index (χ3n) is 3.45. The summed E-state index contributed by atoms with van der Waals surface area (Å²) in [5.41, 5.74) is 10.3. The quantitative estimate of drug-likeness (QED) is 0.763. The Hall–Kier alpha value is -1.90. The normalized spacial score (nSPS) is 12.6. The zero-order valence-electron chi connectivity index (χ0n) is 11.2. The lowest BCUT2D eigenvalue weighted by molar-refractivity contribution is 0.873. The molecule has 0 spiro atoms. The first-order valence-electron chi connectivity index (χ1n) is 6.52. The van der Waals surface area contributed by atoms with Crippen molar-refractivity contribution in [3.63, 3.8) is 0 Å². The number of aromatic nitrogens is 1. The Balaban J connectivity index is 2.06. The molecule has 0 aliphatic heterocycles. The Morgan fingerprint density at radius 1 is 1.05 bits per heavy atom. The van der Waals surface area contributed by atoms with Gasteiger partial charge >= 0.3 is 0 Å². The average Bonchev–Trinajstić information content (AvgIpc) is 2.46. The van der Waals surface area contributed by atoms with E-state index in [1.165, 1.54) is 0 Å². The summed E-state index contributed by atoms with van der Waals surface area (Å²) in [7, 11) is 0. The molecule has 2 nitrogen and oxygen atoms in total. The van der Waals surface area contributed by atoms with Crippen LogP contribution in [0.1, 0.15) is 22.9 Å². The molecule has 0 saturated heterocycles. The minimum absolute atomic E-state index is 0.227. The molecule has 1 aromatic heterocycles. The number of aryl methyl sites for hydroxylation is 1. The summed E-state index contributed by atoms with van der Waals surface area (Å²) in [6, 6.07) is 17.6. The van der Waals surface area contributed by atoms with Crippen LogP contribution in [-0.2, 0) is 0 Å². The number of hydrogen-bond acceptors (Lipinski definition) is 2. The summed E-state index contributed by atoms with van der Waals surface area (Å²) in [4.78, 5) is 4.50. The molecule has 3 aromatic rings. The zero-order valence-corrected chi connectivity index (χ0v) is 11.9. The Bertz CT molecular complexity index is 768. The van der Waals surface area contributed by atoms with E-state index in [4.69, 9.17) is 17.3 Å². The number of fused-ring (bicyclic) bond motifs is 1. The van der Waals surface area contributed by atoms with Gasteiger partial charge in [-0.05, 0) is 42.3 Å². The number of benzene rings is 2. The Morgan fingerprint density at radius 2 is 1.85 bits per heavy atom. The van der Waals surface area contributed by atoms with Gasteiger partial charge in [-0.3, -0.25) is 4.98 Å². The van der Waals surface area contributed by atoms with Gasteiger partial charge in [0, 0.05) is 16.1 Å². The molecular weight excluding hydrogens is 268 g/mol. The van der Waals surface area contributed by atoms with E-state index in [1.807, 2.05) is 49.4 Å². The van der Waals surface area contributed by atoms with Crippen LogP contribution in [0.3, 0.4) is 0 Å². The predicted molar refractivity (Wildman–Crippen MR) is 84.0 cm³/mol. The number of halogens is 1. The molecule has 0 fully saturated rings. The smallest absolute Gasteiger partial charge is 0.0705 e. The molecule has 2 N–H and O–H groups in total. The number of nitrogens with two attached hydrogens (primary N) is 1. The van der Waals surface area contributed by atoms with Crippen LogP contribution in [0.4, 0.5) is 0 Å². The molecule has 0 radical (unpaired) electrons. The maximum absolute atomic E-state index is 6.33. The second kappa shape index (κ2) is 5.23. The molecule has 3 rings (SSSR count). The van der Waals surface area contributed by atoms with E-state index >= 15 is 0 Å². The third-order valence-corrected chi connectivity index (χ3v) is 3.80. The molecule has 0 aliphatic carbocycles. The molecular formula is C17H15ClN2. The molecule has 1 unspecified atom stereocenters. The van der Waals surface area contributed by atoms with Gasteiger partial charge in [0.15, 0.2) is 0 Å². The summed E-state index contributed by atoms with van der Waals surface area (Å²) in [5, 5.41) is 1.79. The lowest BCUT2D eigenvalue weighted by Crippen LogP contribution is -2.12. The van der Waals surface area contributed by atoms with Crippen molar-refractivity contribution in [1.29, 1.82) is 0 Å². The summed E-state index contributed by atoms with van der Waals surface area (Å²) >= 11 is 6.22. The standard InChI is InChI=1S/C17H15ClN2/c1-11-6-7-12-10-13(8-9-16(12)20-11)17(19)14-4-2-3-5-15(14)18/h2-10,17H,19H2,1H3. The fourth-order valence-electron chi connectivity index (χ4n) is 2.35. The van der Waals surface area contributed by atoms with Crippen molar-refractivity contribution in [1.82, 2.24) is 4.98 Å². The second-order valence-electron chi connectivity index (χ2n) is 4.90. The third kappa shape index (κ3) is 2.40. The van der Waals surface area contributed by atoms with Gasteiger partial charge in [-0.2, -0.15) is 0 Å². The monoisotopic (exact) mass is 282 g/mol. The van der Waals surface area contributed by atoms with Gasteiger partial charge in [-0.1, -0.05) is 41.9 Å². The van der Waals surface area contributed by atoms with E-state index < -0.39 is 0 Å². The van der Waals surface area contributed by atoms with Gasteiger partial charge in [-0.15, -0.1) is 0 Å². The van der Waals surface area contributed by atoms with Gasteiger partial charge in [0.2, 0.25) is 0 Å². The average molecular weight is 283 g/mol. The highest BCUT2D eigenvalue weighted by Crippen LogP contribution is 2.27. The van der Waals surface area contributed by atoms with E-state index in [1.54, 1.807) is 0 Å². The fraction of sp³-hybridized carbons (Fsp3) is 0.118. The van der Waals surface area contributed by atoms with Gasteiger partial charge in [0.1, 0.15) is 0 Å². The first-order valence-corrected chi connectivity index (χ1v) is 6.90. The number of pyridine rings is 1. The first kappa shape index (κ1) is 13.1. The van der Waals surface area contributed by atoms with Crippen LogP contribution in [0.15, 0.2) is 54.6 Å². The molecule has 2 aromatic carbocycles. The maximum Gasteiger partial charge on any atom is 0.0705 e. The lowest BCUT2D eigenvalue weighted by Gasteiger charge is -2.14. The number of nitrogens with zero attached hydrogens (tertiary/aromatic N) is 1. The molecule has 3 heteroatoms. The van der Waals surface area contributed by atoms with Gasteiger partial charge < -0.3 is 5.73 Å². The van der Waals surface area contributed by atoms with Crippen LogP contribution in [0.5, 0.6) is 0 Å². The van der Waals surface area contributed by atoms with Gasteiger partial charge in [0.05, 0.1) is 11.6 Å². The molecule has 100 valence electrons. The van der Waals surface area contributed by atoms with Gasteiger partial charge in [0.25, 0.3) is 0 Å². The number of rotatable bonds is 2. The summed E-state index contributed by atoms with van der Waals surface area (Å²) in [5.74, 6) is 0. The molecule has 0 bridgehead atoms. The largest absolute Gasteiger partial charge is 0.320 e. The van der Waals surface area contributed by atoms with E-state index in [0.29, 0.717) is 5.02 Å². The summed E-state index contributed by atoms with van der Waals surface area (Å²) in [6.45, 7) is 1.99. The predicted octanol–water partition coefficient (Wildman–Crippen LogP) is 4.24. The SMILES string of the molecule is Cc1ccc2cc(C(N)c3ccccc3Cl)ccc2n1. The minimum Gasteiger partial charge on any atom is -0.320 e. The Kier molecular flexibility index (Phi) is 3.43. The summed E-state index contributed by atoms with van der Waals surface area (Å²) < 4.78 is 0. The molecule has 0 amide bonds. The molecule has 1 atom stereocenters. The lowest BCUT2D eigenvalue weighted by atomic mass is 9.98. The van der Waals surface area contributed by atoms with Gasteiger partial charge in [-0.25, -0.2) is 0 Å². The van der Waals surface area contributed by atoms with Crippen LogP contribution in [0.25, 0.3) is 10.9 Å². The first-order chi connectivity index (χ1) is 9.65. The van der Waals surface area contributed by atoms with Crippen molar-refractivity contribution in [2.24, 2.45) is 5.73 Å². The van der Waals surface area contributed by atoms with Crippen LogP contribution in [0.2, 0.25) is 5.02 Å². The number of hydrogen-bond donors (Lipinski definition) is 1. The Morgan fingerprint density at radius 3 is 2.65 bits per heavy atom. The van der Waals surface area contributed by atoms with Crippen molar-refractivity contribution >= 4 is 22.5 Å². The van der Waals surface area contributed by atoms with Crippen LogP contribution < -0.4 is 5.73 Å². The van der Waals surface area contributed by atoms with E-state index in [9.17, 15) is 0 Å². The summed E-state index contributed by atoms with van der Waals surface area (Å²) in [6.07, 6.45) is 0. The molecule has 20 heavy (non-hydrogen) atoms. The minimum atomic E-state index is -0.227. The topological polar surface area (TPSA) is 38.9 Å². The van der Waals surface area contributed by atoms with E-state index in [-0.39, 0.29) is 6.04 Å². The molecule has 0 aliphatic rings. The Labute approximate surface area is 123 Å². The van der Waals surface area contributed by atoms with Crippen molar-refractivity contribution in [3.05, 3.63) is 76.4 Å². The highest BCUT2D eigenvalue weighted by Gasteiger charge is 2.12. The highest BCUT2D eigenvalue weighted by molar-refractivity contribution is 6.31. The van der Waals surface area contributed by atoms with Crippen LogP contribution >= 0.6 is 11.6 Å².